The molecule has 1 aliphatic rings. The van der Waals surface area contributed by atoms with E-state index < -0.39 is 0 Å². The van der Waals surface area contributed by atoms with E-state index in [9.17, 15) is 9.59 Å². The first-order valence-corrected chi connectivity index (χ1v) is 9.35. The third-order valence-electron chi connectivity index (χ3n) is 4.96. The fourth-order valence-electron chi connectivity index (χ4n) is 3.88. The largest absolute Gasteiger partial charge is 0.354 e. The van der Waals surface area contributed by atoms with Gasteiger partial charge in [-0.15, -0.1) is 5.92 Å². The van der Waals surface area contributed by atoms with Crippen molar-refractivity contribution in [1.29, 1.82) is 0 Å². The van der Waals surface area contributed by atoms with Crippen LogP contribution in [0.3, 0.4) is 0 Å². The normalized spacial score (nSPS) is 19.5. The quantitative estimate of drug-likeness (QED) is 0.642. The Kier molecular flexibility index (Phi) is 6.42. The highest BCUT2D eigenvalue weighted by Gasteiger charge is 2.39. The number of aryl methyl sites for hydroxylation is 2. The summed E-state index contributed by atoms with van der Waals surface area (Å²) in [7, 11) is 0. The molecule has 1 saturated carbocycles. The molecule has 0 spiro atoms. The van der Waals surface area contributed by atoms with Crippen LogP contribution in [0.25, 0.3) is 0 Å². The Labute approximate surface area is 157 Å². The summed E-state index contributed by atoms with van der Waals surface area (Å²) in [6.07, 6.45) is 1.57. The molecule has 1 aromatic rings. The number of nitrogens with one attached hydrogen (secondary N) is 1. The van der Waals surface area contributed by atoms with Crippen LogP contribution in [0, 0.1) is 24.7 Å². The molecule has 0 aromatic heterocycles. The van der Waals surface area contributed by atoms with E-state index in [0.29, 0.717) is 12.8 Å². The van der Waals surface area contributed by atoms with Crippen LogP contribution in [0.4, 0.5) is 0 Å². The highest BCUT2D eigenvalue weighted by atomic mass is 16.1. The number of carbonyl (C=O) groups excluding carboxylic acids is 2. The van der Waals surface area contributed by atoms with Gasteiger partial charge in [0.2, 0.25) is 5.91 Å². The zero-order valence-corrected chi connectivity index (χ0v) is 16.5. The van der Waals surface area contributed by atoms with E-state index in [-0.39, 0.29) is 29.6 Å². The SMILES string of the molecule is C=C1C(CC(=O)NC(C)C)CC(=O)C1c1c(C)cc(C#CC)cc1CC. The lowest BCUT2D eigenvalue weighted by molar-refractivity contribution is -0.122. The van der Waals surface area contributed by atoms with E-state index in [0.717, 1.165) is 34.2 Å². The molecule has 26 heavy (non-hydrogen) atoms. The van der Waals surface area contributed by atoms with Crippen LogP contribution in [0.15, 0.2) is 24.3 Å². The fraction of sp³-hybridized carbons (Fsp3) is 0.478. The number of Topliss-reactive ketones (excluding diaryl/α,β-unsaturated/α-hetero) is 1. The number of hydrogen-bond donors (Lipinski definition) is 1. The molecular weight excluding hydrogens is 322 g/mol. The molecule has 1 N–H and O–H groups in total. The van der Waals surface area contributed by atoms with Gasteiger partial charge in [-0.25, -0.2) is 0 Å². The summed E-state index contributed by atoms with van der Waals surface area (Å²) in [6.45, 7) is 14.1. The molecule has 0 radical (unpaired) electrons. The Morgan fingerprint density at radius 1 is 1.38 bits per heavy atom. The zero-order valence-electron chi connectivity index (χ0n) is 16.5. The first-order chi connectivity index (χ1) is 12.3. The van der Waals surface area contributed by atoms with Crippen molar-refractivity contribution in [3.63, 3.8) is 0 Å². The molecule has 2 rings (SSSR count). The molecule has 3 heteroatoms. The van der Waals surface area contributed by atoms with Gasteiger partial charge in [0.25, 0.3) is 0 Å². The van der Waals surface area contributed by atoms with Gasteiger partial charge in [0.15, 0.2) is 0 Å². The highest BCUT2D eigenvalue weighted by molar-refractivity contribution is 5.94. The van der Waals surface area contributed by atoms with E-state index >= 15 is 0 Å². The Morgan fingerprint density at radius 3 is 2.65 bits per heavy atom. The lowest BCUT2D eigenvalue weighted by Gasteiger charge is -2.20. The predicted molar refractivity (Wildman–Crippen MR) is 106 cm³/mol. The molecule has 0 bridgehead atoms. The number of benzene rings is 1. The fourth-order valence-corrected chi connectivity index (χ4v) is 3.88. The van der Waals surface area contributed by atoms with Crippen LogP contribution in [0.5, 0.6) is 0 Å². The van der Waals surface area contributed by atoms with E-state index in [2.05, 4.69) is 36.7 Å². The Morgan fingerprint density at radius 2 is 2.08 bits per heavy atom. The van der Waals surface area contributed by atoms with Crippen LogP contribution in [-0.2, 0) is 16.0 Å². The van der Waals surface area contributed by atoms with Crippen molar-refractivity contribution in [1.82, 2.24) is 5.32 Å². The minimum Gasteiger partial charge on any atom is -0.354 e. The third kappa shape index (κ3) is 4.25. The van der Waals surface area contributed by atoms with Crippen LogP contribution >= 0.6 is 0 Å². The van der Waals surface area contributed by atoms with Crippen molar-refractivity contribution in [2.45, 2.75) is 65.8 Å². The number of carbonyl (C=O) groups is 2. The van der Waals surface area contributed by atoms with Gasteiger partial charge >= 0.3 is 0 Å². The molecule has 1 amide bonds. The molecule has 1 aromatic carbocycles. The van der Waals surface area contributed by atoms with Gasteiger partial charge in [-0.05, 0) is 68.9 Å². The summed E-state index contributed by atoms with van der Waals surface area (Å²) in [4.78, 5) is 24.9. The molecule has 2 atom stereocenters. The van der Waals surface area contributed by atoms with Crippen LogP contribution < -0.4 is 5.32 Å². The van der Waals surface area contributed by atoms with Crippen molar-refractivity contribution < 1.29 is 9.59 Å². The summed E-state index contributed by atoms with van der Waals surface area (Å²) in [6, 6.07) is 4.23. The second-order valence-electron chi connectivity index (χ2n) is 7.40. The Hall–Kier alpha value is -2.34. The minimum absolute atomic E-state index is 0.0133. The summed E-state index contributed by atoms with van der Waals surface area (Å²) in [5.41, 5.74) is 5.15. The molecular formula is C23H29NO2. The monoisotopic (exact) mass is 351 g/mol. The average Bonchev–Trinajstić information content (AvgIpc) is 2.80. The maximum absolute atomic E-state index is 12.8. The van der Waals surface area contributed by atoms with Gasteiger partial charge in [-0.2, -0.15) is 0 Å². The topological polar surface area (TPSA) is 46.2 Å². The first kappa shape index (κ1) is 20.0. The maximum atomic E-state index is 12.8. The molecule has 1 fully saturated rings. The summed E-state index contributed by atoms with van der Waals surface area (Å²) >= 11 is 0. The number of allylic oxidation sites excluding steroid dienone is 1. The second-order valence-corrected chi connectivity index (χ2v) is 7.40. The number of hydrogen-bond acceptors (Lipinski definition) is 2. The second kappa shape index (κ2) is 8.36. The van der Waals surface area contributed by atoms with Gasteiger partial charge in [0.1, 0.15) is 5.78 Å². The molecule has 0 heterocycles. The molecule has 0 aliphatic heterocycles. The number of amides is 1. The van der Waals surface area contributed by atoms with Gasteiger partial charge in [-0.1, -0.05) is 25.0 Å². The van der Waals surface area contributed by atoms with E-state index in [1.54, 1.807) is 0 Å². The van der Waals surface area contributed by atoms with Crippen molar-refractivity contribution >= 4 is 11.7 Å². The van der Waals surface area contributed by atoms with Gasteiger partial charge in [0.05, 0.1) is 5.92 Å². The lowest BCUT2D eigenvalue weighted by Crippen LogP contribution is -2.31. The summed E-state index contributed by atoms with van der Waals surface area (Å²) in [5.74, 6) is 5.82. The zero-order chi connectivity index (χ0) is 19.4. The standard InChI is InChI=1S/C23H29NO2/c1-7-9-17-10-15(5)22(18(8-2)11-17)23-16(6)19(12-20(23)25)13-21(26)24-14(3)4/h10-11,14,19,23H,6,8,12-13H2,1-5H3,(H,24,26). The summed E-state index contributed by atoms with van der Waals surface area (Å²) in [5, 5.41) is 2.91. The first-order valence-electron chi connectivity index (χ1n) is 9.35. The highest BCUT2D eigenvalue weighted by Crippen LogP contribution is 2.43. The average molecular weight is 351 g/mol. The van der Waals surface area contributed by atoms with Crippen molar-refractivity contribution in [3.8, 4) is 11.8 Å². The molecule has 1 aliphatic carbocycles. The van der Waals surface area contributed by atoms with E-state index in [1.807, 2.05) is 33.8 Å². The maximum Gasteiger partial charge on any atom is 0.220 e. The summed E-state index contributed by atoms with van der Waals surface area (Å²) < 4.78 is 0. The van der Waals surface area contributed by atoms with Crippen LogP contribution in [0.1, 0.15) is 68.7 Å². The van der Waals surface area contributed by atoms with E-state index in [4.69, 9.17) is 0 Å². The van der Waals surface area contributed by atoms with Crippen LogP contribution in [0.2, 0.25) is 0 Å². The van der Waals surface area contributed by atoms with Crippen molar-refractivity contribution in [2.75, 3.05) is 0 Å². The molecule has 0 saturated heterocycles. The van der Waals surface area contributed by atoms with E-state index in [1.165, 1.54) is 0 Å². The molecule has 138 valence electrons. The lowest BCUT2D eigenvalue weighted by atomic mass is 9.83. The Balaban J connectivity index is 2.34. The van der Waals surface area contributed by atoms with Crippen molar-refractivity contribution in [3.05, 3.63) is 46.5 Å². The Bertz CT molecular complexity index is 792. The van der Waals surface area contributed by atoms with Gasteiger partial charge in [0, 0.05) is 24.4 Å². The minimum atomic E-state index is -0.301. The van der Waals surface area contributed by atoms with Gasteiger partial charge in [-0.3, -0.25) is 9.59 Å². The van der Waals surface area contributed by atoms with Crippen molar-refractivity contribution in [2.24, 2.45) is 5.92 Å². The molecule has 2 unspecified atom stereocenters. The molecule has 3 nitrogen and oxygen atoms in total. The predicted octanol–water partition coefficient (Wildman–Crippen LogP) is 4.07. The number of ketones is 1. The smallest absolute Gasteiger partial charge is 0.220 e. The van der Waals surface area contributed by atoms with Crippen LogP contribution in [-0.4, -0.2) is 17.7 Å². The number of rotatable bonds is 5. The van der Waals surface area contributed by atoms with Gasteiger partial charge < -0.3 is 5.32 Å². The third-order valence-corrected chi connectivity index (χ3v) is 4.96.